The summed E-state index contributed by atoms with van der Waals surface area (Å²) in [7, 11) is 1.30. The number of anilines is 2. The lowest BCUT2D eigenvalue weighted by atomic mass is 10.0. The molecule has 3 rings (SSSR count). The third kappa shape index (κ3) is 3.93. The van der Waals surface area contributed by atoms with Gasteiger partial charge >= 0.3 is 5.97 Å². The number of rotatable bonds is 7. The van der Waals surface area contributed by atoms with Gasteiger partial charge in [0, 0.05) is 24.4 Å². The Balaban J connectivity index is 2.28. The van der Waals surface area contributed by atoms with Crippen LogP contribution in [0.1, 0.15) is 12.0 Å². The number of pyridine rings is 1. The maximum absolute atomic E-state index is 15.0. The molecule has 158 valence electrons. The summed E-state index contributed by atoms with van der Waals surface area (Å²) in [5.41, 5.74) is 5.87. The van der Waals surface area contributed by atoms with Gasteiger partial charge in [0.1, 0.15) is 23.4 Å². The first-order valence-corrected chi connectivity index (χ1v) is 9.18. The number of carboxylic acids is 1. The molecule has 2 aromatic rings. The fourth-order valence-corrected chi connectivity index (χ4v) is 3.33. The lowest BCUT2D eigenvalue weighted by Crippen LogP contribution is -2.25. The Morgan fingerprint density at radius 3 is 2.63 bits per heavy atom. The standard InChI is InChI=1S/C20H18ClF2N3O4/c1-9-3-14(23)16(10-4-12(21)19(24)25-6-10)18(30-2)17(9)26(15-5-13(15)22)7-11(8-27)20(28)29/h3-4,6-8,13,15H,5H2,1-2H3,(H2,24,25)(H,28,29)/b11-7+/t13?,15-/m1/s1. The average molecular weight is 438 g/mol. The molecule has 0 aliphatic heterocycles. The number of aromatic nitrogens is 1. The van der Waals surface area contributed by atoms with Crippen LogP contribution in [0.15, 0.2) is 30.1 Å². The monoisotopic (exact) mass is 437 g/mol. The molecule has 1 aromatic carbocycles. The number of methoxy groups -OCH3 is 1. The number of aliphatic carboxylic acids is 1. The summed E-state index contributed by atoms with van der Waals surface area (Å²) in [5, 5.41) is 9.32. The van der Waals surface area contributed by atoms with Crippen LogP contribution in [-0.2, 0) is 9.59 Å². The molecule has 10 heteroatoms. The van der Waals surface area contributed by atoms with Crippen molar-refractivity contribution in [3.8, 4) is 16.9 Å². The number of halogens is 3. The molecule has 1 aliphatic carbocycles. The van der Waals surface area contributed by atoms with Gasteiger partial charge in [0.25, 0.3) is 0 Å². The minimum atomic E-state index is -1.47. The van der Waals surface area contributed by atoms with Crippen LogP contribution in [0.3, 0.4) is 0 Å². The normalized spacial score (nSPS) is 18.1. The van der Waals surface area contributed by atoms with E-state index in [1.165, 1.54) is 30.3 Å². The van der Waals surface area contributed by atoms with Crippen LogP contribution in [0.25, 0.3) is 11.1 Å². The van der Waals surface area contributed by atoms with Crippen LogP contribution >= 0.6 is 11.6 Å². The molecule has 0 spiro atoms. The zero-order valence-electron chi connectivity index (χ0n) is 16.0. The highest BCUT2D eigenvalue weighted by molar-refractivity contribution is 6.33. The molecule has 1 heterocycles. The second-order valence-electron chi connectivity index (χ2n) is 6.76. The minimum absolute atomic E-state index is 0.00932. The summed E-state index contributed by atoms with van der Waals surface area (Å²) in [6.45, 7) is 1.57. The number of ether oxygens (including phenoxy) is 1. The Kier molecular flexibility index (Phi) is 5.93. The fourth-order valence-electron chi connectivity index (χ4n) is 3.16. The molecule has 1 aliphatic rings. The molecule has 7 nitrogen and oxygen atoms in total. The SMILES string of the molecule is COc1c(-c2cnc(N)c(Cl)c2)c(F)cc(C)c1N(/C=C(\C=O)C(=O)O)[C@@H]1CC1F. The van der Waals surface area contributed by atoms with Crippen molar-refractivity contribution in [1.82, 2.24) is 4.98 Å². The molecule has 0 bridgehead atoms. The largest absolute Gasteiger partial charge is 0.494 e. The molecule has 1 saturated carbocycles. The van der Waals surface area contributed by atoms with Crippen LogP contribution in [0.5, 0.6) is 5.75 Å². The van der Waals surface area contributed by atoms with E-state index in [0.29, 0.717) is 5.56 Å². The fraction of sp³-hybridized carbons (Fsp3) is 0.250. The quantitative estimate of drug-likeness (QED) is 0.295. The molecule has 0 amide bonds. The predicted molar refractivity (Wildman–Crippen MR) is 108 cm³/mol. The molecule has 1 aromatic heterocycles. The van der Waals surface area contributed by atoms with Gasteiger partial charge in [-0.25, -0.2) is 18.6 Å². The van der Waals surface area contributed by atoms with Crippen LogP contribution < -0.4 is 15.4 Å². The second kappa shape index (κ2) is 8.27. The number of alkyl halides is 1. The number of aryl methyl sites for hydroxylation is 1. The Bertz CT molecular complexity index is 1060. The number of carbonyl (C=O) groups is 2. The summed E-state index contributed by atoms with van der Waals surface area (Å²) in [5.74, 6) is -2.05. The number of benzene rings is 1. The maximum Gasteiger partial charge on any atom is 0.340 e. The summed E-state index contributed by atoms with van der Waals surface area (Å²) in [4.78, 5) is 27.7. The van der Waals surface area contributed by atoms with Gasteiger partial charge in [0.05, 0.1) is 29.4 Å². The highest BCUT2D eigenvalue weighted by Gasteiger charge is 2.44. The lowest BCUT2D eigenvalue weighted by Gasteiger charge is -2.27. The predicted octanol–water partition coefficient (Wildman–Crippen LogP) is 3.52. The van der Waals surface area contributed by atoms with Crippen molar-refractivity contribution >= 4 is 35.4 Å². The first-order chi connectivity index (χ1) is 14.2. The van der Waals surface area contributed by atoms with Gasteiger partial charge in [-0.2, -0.15) is 0 Å². The Hall–Kier alpha value is -3.20. The number of nitrogens with zero attached hydrogens (tertiary/aromatic N) is 2. The first-order valence-electron chi connectivity index (χ1n) is 8.80. The molecular weight excluding hydrogens is 420 g/mol. The first kappa shape index (κ1) is 21.5. The minimum Gasteiger partial charge on any atom is -0.494 e. The molecule has 2 atom stereocenters. The topological polar surface area (TPSA) is 106 Å². The smallest absolute Gasteiger partial charge is 0.340 e. The Morgan fingerprint density at radius 2 is 2.13 bits per heavy atom. The van der Waals surface area contributed by atoms with Gasteiger partial charge in [-0.15, -0.1) is 0 Å². The van der Waals surface area contributed by atoms with Crippen molar-refractivity contribution in [2.45, 2.75) is 25.6 Å². The van der Waals surface area contributed by atoms with E-state index in [4.69, 9.17) is 22.1 Å². The number of hydrogen-bond acceptors (Lipinski definition) is 6. The van der Waals surface area contributed by atoms with E-state index in [9.17, 15) is 23.5 Å². The van der Waals surface area contributed by atoms with Crippen molar-refractivity contribution in [3.63, 3.8) is 0 Å². The van der Waals surface area contributed by atoms with E-state index in [1.54, 1.807) is 6.92 Å². The summed E-state index contributed by atoms with van der Waals surface area (Å²) in [6.07, 6.45) is 1.37. The zero-order chi connectivity index (χ0) is 22.2. The molecule has 30 heavy (non-hydrogen) atoms. The van der Waals surface area contributed by atoms with Crippen molar-refractivity contribution in [3.05, 3.63) is 46.5 Å². The third-order valence-corrected chi connectivity index (χ3v) is 5.01. The second-order valence-corrected chi connectivity index (χ2v) is 7.16. The van der Waals surface area contributed by atoms with E-state index >= 15 is 0 Å². The number of aldehydes is 1. The van der Waals surface area contributed by atoms with Crippen molar-refractivity contribution in [2.24, 2.45) is 0 Å². The number of hydrogen-bond donors (Lipinski definition) is 2. The highest BCUT2D eigenvalue weighted by Crippen LogP contribution is 2.47. The molecule has 1 unspecified atom stereocenters. The van der Waals surface area contributed by atoms with E-state index in [1.807, 2.05) is 0 Å². The van der Waals surface area contributed by atoms with E-state index in [2.05, 4.69) is 4.98 Å². The van der Waals surface area contributed by atoms with E-state index < -0.39 is 29.6 Å². The van der Waals surface area contributed by atoms with Gasteiger partial charge in [-0.05, 0) is 24.6 Å². The van der Waals surface area contributed by atoms with Crippen molar-refractivity contribution in [1.29, 1.82) is 0 Å². The molecule has 1 fully saturated rings. The van der Waals surface area contributed by atoms with Gasteiger partial charge in [-0.1, -0.05) is 11.6 Å². The van der Waals surface area contributed by atoms with Gasteiger partial charge in [0.2, 0.25) is 0 Å². The van der Waals surface area contributed by atoms with E-state index in [-0.39, 0.29) is 46.1 Å². The van der Waals surface area contributed by atoms with Gasteiger partial charge in [0.15, 0.2) is 12.0 Å². The molecular formula is C20H18ClF2N3O4. The molecule has 0 radical (unpaired) electrons. The van der Waals surface area contributed by atoms with Gasteiger partial charge < -0.3 is 20.5 Å². The number of carboxylic acid groups (broad SMARTS) is 1. The van der Waals surface area contributed by atoms with Crippen molar-refractivity contribution in [2.75, 3.05) is 17.7 Å². The van der Waals surface area contributed by atoms with Crippen LogP contribution in [-0.4, -0.2) is 41.7 Å². The van der Waals surface area contributed by atoms with Crippen LogP contribution in [0, 0.1) is 12.7 Å². The summed E-state index contributed by atoms with van der Waals surface area (Å²) >= 11 is 6.02. The van der Waals surface area contributed by atoms with Crippen molar-refractivity contribution < 1.29 is 28.2 Å². The summed E-state index contributed by atoms with van der Waals surface area (Å²) < 4.78 is 34.4. The van der Waals surface area contributed by atoms with Crippen LogP contribution in [0.4, 0.5) is 20.3 Å². The molecule has 3 N–H and O–H groups in total. The van der Waals surface area contributed by atoms with E-state index in [0.717, 1.165) is 6.20 Å². The Labute approximate surface area is 175 Å². The number of nitrogens with two attached hydrogens (primary N) is 1. The maximum atomic E-state index is 15.0. The Morgan fingerprint density at radius 1 is 1.47 bits per heavy atom. The summed E-state index contributed by atoms with van der Waals surface area (Å²) in [6, 6.07) is 1.89. The van der Waals surface area contributed by atoms with Gasteiger partial charge in [-0.3, -0.25) is 4.79 Å². The third-order valence-electron chi connectivity index (χ3n) is 4.71. The molecule has 0 saturated heterocycles. The number of nitrogen functional groups attached to an aromatic ring is 1. The lowest BCUT2D eigenvalue weighted by molar-refractivity contribution is -0.133. The highest BCUT2D eigenvalue weighted by atomic mass is 35.5. The zero-order valence-corrected chi connectivity index (χ0v) is 16.8. The average Bonchev–Trinajstić information content (AvgIpc) is 3.41. The number of carbonyl (C=O) groups excluding carboxylic acids is 1. The van der Waals surface area contributed by atoms with Crippen LogP contribution in [0.2, 0.25) is 5.02 Å².